The first-order valence-electron chi connectivity index (χ1n) is 8.82. The van der Waals surface area contributed by atoms with Crippen LogP contribution >= 0.6 is 0 Å². The summed E-state index contributed by atoms with van der Waals surface area (Å²) in [7, 11) is -9.56. The van der Waals surface area contributed by atoms with E-state index in [0.717, 1.165) is 24.3 Å². The molecule has 0 heterocycles. The van der Waals surface area contributed by atoms with Gasteiger partial charge in [0.1, 0.15) is 9.79 Å². The average molecular weight is 474 g/mol. The van der Waals surface area contributed by atoms with Crippen LogP contribution in [0.1, 0.15) is 31.8 Å². The number of benzene rings is 3. The summed E-state index contributed by atoms with van der Waals surface area (Å²) in [5.74, 6) is -1.35. The van der Waals surface area contributed by atoms with Gasteiger partial charge in [-0.05, 0) is 29.3 Å². The van der Waals surface area contributed by atoms with Crippen molar-refractivity contribution < 1.29 is 35.5 Å². The summed E-state index contributed by atoms with van der Waals surface area (Å²) in [4.78, 5) is 25.0. The van der Waals surface area contributed by atoms with Crippen molar-refractivity contribution in [3.05, 3.63) is 70.8 Å². The van der Waals surface area contributed by atoms with E-state index in [4.69, 9.17) is 11.5 Å². The topological polar surface area (TPSA) is 195 Å². The van der Waals surface area contributed by atoms with Gasteiger partial charge < -0.3 is 11.5 Å². The molecule has 0 atom stereocenters. The summed E-state index contributed by atoms with van der Waals surface area (Å²) >= 11 is 0. The van der Waals surface area contributed by atoms with E-state index in [2.05, 4.69) is 0 Å². The molecule has 0 amide bonds. The Morgan fingerprint density at radius 2 is 1.19 bits per heavy atom. The summed E-state index contributed by atoms with van der Waals surface area (Å²) in [6.45, 7) is 0. The number of ketones is 2. The third-order valence-corrected chi connectivity index (χ3v) is 6.90. The minimum absolute atomic E-state index is 0.0105. The molecular weight excluding hydrogens is 460 g/mol. The number of nitrogens with two attached hydrogens (primary N) is 2. The number of hydrogen-bond donors (Lipinski definition) is 4. The van der Waals surface area contributed by atoms with Crippen molar-refractivity contribution in [1.29, 1.82) is 0 Å². The van der Waals surface area contributed by atoms with Gasteiger partial charge in [-0.15, -0.1) is 0 Å². The second-order valence-electron chi connectivity index (χ2n) is 6.99. The van der Waals surface area contributed by atoms with Gasteiger partial charge in [0.15, 0.2) is 11.6 Å². The SMILES string of the molecule is Nc1cc(-c2cc(S(=O)(=O)O)c(N)c3c2C(=O)c2ccccc2C3=O)ccc1S(=O)(=O)O. The summed E-state index contributed by atoms with van der Waals surface area (Å²) in [5.41, 5.74) is 10.0. The highest BCUT2D eigenvalue weighted by molar-refractivity contribution is 7.86. The van der Waals surface area contributed by atoms with E-state index in [1.807, 2.05) is 0 Å². The first-order chi connectivity index (χ1) is 14.8. The molecule has 3 aromatic rings. The lowest BCUT2D eigenvalue weighted by molar-refractivity contribution is 0.0980. The first kappa shape index (κ1) is 21.6. The number of nitrogen functional groups attached to an aromatic ring is 2. The maximum atomic E-state index is 13.3. The average Bonchev–Trinajstić information content (AvgIpc) is 2.69. The van der Waals surface area contributed by atoms with Crippen LogP contribution in [-0.2, 0) is 20.2 Å². The molecule has 0 aromatic heterocycles. The lowest BCUT2D eigenvalue weighted by Crippen LogP contribution is -2.24. The van der Waals surface area contributed by atoms with Crippen molar-refractivity contribution in [1.82, 2.24) is 0 Å². The summed E-state index contributed by atoms with van der Waals surface area (Å²) < 4.78 is 65.7. The second kappa shape index (κ2) is 6.97. The zero-order chi connectivity index (χ0) is 23.6. The van der Waals surface area contributed by atoms with Crippen molar-refractivity contribution in [2.45, 2.75) is 9.79 Å². The molecule has 164 valence electrons. The predicted octanol–water partition coefficient (Wildman–Crippen LogP) is 1.79. The lowest BCUT2D eigenvalue weighted by atomic mass is 9.79. The minimum Gasteiger partial charge on any atom is -0.398 e. The van der Waals surface area contributed by atoms with E-state index >= 15 is 0 Å². The van der Waals surface area contributed by atoms with Crippen LogP contribution in [0.15, 0.2) is 58.3 Å². The summed E-state index contributed by atoms with van der Waals surface area (Å²) in [6.07, 6.45) is 0. The monoisotopic (exact) mass is 474 g/mol. The molecule has 0 fully saturated rings. The van der Waals surface area contributed by atoms with E-state index in [0.29, 0.717) is 0 Å². The Kier molecular flexibility index (Phi) is 4.71. The van der Waals surface area contributed by atoms with Crippen LogP contribution in [-0.4, -0.2) is 37.5 Å². The molecule has 0 bridgehead atoms. The highest BCUT2D eigenvalue weighted by Gasteiger charge is 2.36. The normalized spacial score (nSPS) is 13.6. The first-order valence-corrected chi connectivity index (χ1v) is 11.7. The second-order valence-corrected chi connectivity index (χ2v) is 9.77. The predicted molar refractivity (Wildman–Crippen MR) is 114 cm³/mol. The van der Waals surface area contributed by atoms with Gasteiger partial charge in [0.2, 0.25) is 0 Å². The molecule has 3 aromatic carbocycles. The van der Waals surface area contributed by atoms with Gasteiger partial charge in [-0.2, -0.15) is 16.8 Å². The zero-order valence-electron chi connectivity index (χ0n) is 15.9. The molecule has 0 unspecified atom stereocenters. The van der Waals surface area contributed by atoms with Gasteiger partial charge >= 0.3 is 0 Å². The Hall–Kier alpha value is -3.58. The van der Waals surface area contributed by atoms with Crippen molar-refractivity contribution in [3.8, 4) is 11.1 Å². The van der Waals surface area contributed by atoms with Crippen LogP contribution in [0.3, 0.4) is 0 Å². The quantitative estimate of drug-likeness (QED) is 0.251. The van der Waals surface area contributed by atoms with Crippen molar-refractivity contribution in [3.63, 3.8) is 0 Å². The lowest BCUT2D eigenvalue weighted by Gasteiger charge is -2.23. The number of hydrogen-bond acceptors (Lipinski definition) is 8. The van der Waals surface area contributed by atoms with Crippen LogP contribution in [0.2, 0.25) is 0 Å². The number of anilines is 2. The summed E-state index contributed by atoms with van der Waals surface area (Å²) in [6, 6.07) is 9.99. The standard InChI is InChI=1S/C20H14N2O8S2/c21-13-7-9(5-6-14(13)31(25,26)27)12-8-15(32(28,29)30)18(22)17-16(12)19(23)10-3-1-2-4-11(10)20(17)24/h1-8H,21-22H2,(H,25,26,27)(H,28,29,30). The molecule has 4 rings (SSSR count). The summed E-state index contributed by atoms with van der Waals surface area (Å²) in [5, 5.41) is 0. The Labute approximate surface area is 182 Å². The molecular formula is C20H14N2O8S2. The Bertz CT molecular complexity index is 1580. The fourth-order valence-electron chi connectivity index (χ4n) is 3.69. The molecule has 0 radical (unpaired) electrons. The Balaban J connectivity index is 2.12. The highest BCUT2D eigenvalue weighted by atomic mass is 32.2. The molecule has 1 aliphatic rings. The van der Waals surface area contributed by atoms with Crippen LogP contribution in [0.25, 0.3) is 11.1 Å². The van der Waals surface area contributed by atoms with E-state index < -0.39 is 52.8 Å². The molecule has 0 aliphatic heterocycles. The van der Waals surface area contributed by atoms with E-state index in [1.165, 1.54) is 18.2 Å². The van der Waals surface area contributed by atoms with Crippen LogP contribution < -0.4 is 11.5 Å². The molecule has 0 saturated carbocycles. The number of carbonyl (C=O) groups excluding carboxylic acids is 2. The third kappa shape index (κ3) is 3.26. The number of carbonyl (C=O) groups is 2. The largest absolute Gasteiger partial charge is 0.398 e. The third-order valence-electron chi connectivity index (χ3n) is 5.08. The van der Waals surface area contributed by atoms with Crippen LogP contribution in [0.5, 0.6) is 0 Å². The maximum Gasteiger partial charge on any atom is 0.296 e. The van der Waals surface area contributed by atoms with E-state index in [-0.39, 0.29) is 33.5 Å². The zero-order valence-corrected chi connectivity index (χ0v) is 17.6. The molecule has 1 aliphatic carbocycles. The van der Waals surface area contributed by atoms with Gasteiger partial charge in [-0.1, -0.05) is 30.3 Å². The molecule has 32 heavy (non-hydrogen) atoms. The fraction of sp³-hybridized carbons (Fsp3) is 0. The molecule has 0 saturated heterocycles. The van der Waals surface area contributed by atoms with Gasteiger partial charge in [0.05, 0.1) is 16.9 Å². The van der Waals surface area contributed by atoms with Gasteiger partial charge in [0.25, 0.3) is 20.2 Å². The molecule has 10 nitrogen and oxygen atoms in total. The van der Waals surface area contributed by atoms with Crippen LogP contribution in [0.4, 0.5) is 11.4 Å². The Morgan fingerprint density at radius 1 is 0.656 bits per heavy atom. The van der Waals surface area contributed by atoms with Crippen LogP contribution in [0, 0.1) is 0 Å². The minimum atomic E-state index is -4.91. The van der Waals surface area contributed by atoms with E-state index in [9.17, 15) is 35.5 Å². The van der Waals surface area contributed by atoms with Crippen molar-refractivity contribution >= 4 is 43.2 Å². The van der Waals surface area contributed by atoms with Gasteiger partial charge in [-0.25, -0.2) is 0 Å². The molecule has 6 N–H and O–H groups in total. The fourth-order valence-corrected chi connectivity index (χ4v) is 4.93. The smallest absolute Gasteiger partial charge is 0.296 e. The van der Waals surface area contributed by atoms with Gasteiger partial charge in [-0.3, -0.25) is 18.7 Å². The van der Waals surface area contributed by atoms with Crippen molar-refractivity contribution in [2.75, 3.05) is 11.5 Å². The number of fused-ring (bicyclic) bond motifs is 2. The van der Waals surface area contributed by atoms with Crippen molar-refractivity contribution in [2.24, 2.45) is 0 Å². The highest BCUT2D eigenvalue weighted by Crippen LogP contribution is 2.41. The molecule has 12 heteroatoms. The number of rotatable bonds is 3. The molecule has 0 spiro atoms. The Morgan fingerprint density at radius 3 is 1.69 bits per heavy atom. The van der Waals surface area contributed by atoms with Gasteiger partial charge in [0, 0.05) is 16.7 Å². The maximum absolute atomic E-state index is 13.3. The van der Waals surface area contributed by atoms with E-state index in [1.54, 1.807) is 6.07 Å².